The molecule has 0 N–H and O–H groups in total. The standard InChI is InChI=1S/C9H5F6S/c10-8(11,12)7(16,9(13,14)15)6-4-2-1-3-5-6/h1-5H. The van der Waals surface area contributed by atoms with Crippen molar-refractivity contribution in [2.45, 2.75) is 17.1 Å². The monoisotopic (exact) mass is 259 g/mol. The van der Waals surface area contributed by atoms with Crippen molar-refractivity contribution in [3.05, 3.63) is 35.9 Å². The Morgan fingerprint density at radius 2 is 1.12 bits per heavy atom. The summed E-state index contributed by atoms with van der Waals surface area (Å²) >= 11 is 3.79. The molecular formula is C9H5F6S. The van der Waals surface area contributed by atoms with E-state index < -0.39 is 22.7 Å². The molecule has 1 radical (unpaired) electrons. The molecule has 0 heterocycles. The highest BCUT2D eigenvalue weighted by molar-refractivity contribution is 7.81. The second-order valence-electron chi connectivity index (χ2n) is 3.04. The molecule has 0 saturated heterocycles. The maximum Gasteiger partial charge on any atom is 0.417 e. The van der Waals surface area contributed by atoms with Crippen LogP contribution in [0.2, 0.25) is 0 Å². The van der Waals surface area contributed by atoms with E-state index >= 15 is 0 Å². The summed E-state index contributed by atoms with van der Waals surface area (Å²) in [5, 5.41) is 0. The Bertz CT molecular complexity index is 339. The molecule has 0 amide bonds. The number of halogens is 6. The number of hydrogen-bond acceptors (Lipinski definition) is 0. The molecule has 0 fully saturated rings. The highest BCUT2D eigenvalue weighted by atomic mass is 32.1. The van der Waals surface area contributed by atoms with E-state index in [-0.39, 0.29) is 0 Å². The van der Waals surface area contributed by atoms with Gasteiger partial charge in [0.05, 0.1) is 0 Å². The maximum atomic E-state index is 12.5. The molecule has 0 aliphatic heterocycles. The van der Waals surface area contributed by atoms with Gasteiger partial charge in [0.15, 0.2) is 0 Å². The van der Waals surface area contributed by atoms with Gasteiger partial charge in [-0.3, -0.25) is 0 Å². The number of benzene rings is 1. The van der Waals surface area contributed by atoms with Crippen LogP contribution in [0.1, 0.15) is 5.56 Å². The third-order valence-corrected chi connectivity index (χ3v) is 2.68. The van der Waals surface area contributed by atoms with Crippen LogP contribution in [0.25, 0.3) is 0 Å². The van der Waals surface area contributed by atoms with Crippen LogP contribution in [-0.2, 0) is 4.75 Å². The van der Waals surface area contributed by atoms with Gasteiger partial charge in [-0.2, -0.15) is 26.3 Å². The van der Waals surface area contributed by atoms with Gasteiger partial charge >= 0.3 is 12.4 Å². The summed E-state index contributed by atoms with van der Waals surface area (Å²) in [6.45, 7) is 0. The molecule has 0 aliphatic rings. The first-order chi connectivity index (χ1) is 7.11. The van der Waals surface area contributed by atoms with Gasteiger partial charge in [-0.15, -0.1) is 0 Å². The lowest BCUT2D eigenvalue weighted by Gasteiger charge is -2.32. The highest BCUT2D eigenvalue weighted by Crippen LogP contribution is 2.54. The Morgan fingerprint density at radius 1 is 0.750 bits per heavy atom. The second kappa shape index (κ2) is 3.87. The van der Waals surface area contributed by atoms with Crippen LogP contribution in [0.4, 0.5) is 26.3 Å². The third-order valence-electron chi connectivity index (χ3n) is 1.98. The predicted octanol–water partition coefficient (Wildman–Crippen LogP) is 4.20. The van der Waals surface area contributed by atoms with Crippen LogP contribution in [-0.4, -0.2) is 12.4 Å². The fourth-order valence-electron chi connectivity index (χ4n) is 1.16. The Hall–Kier alpha value is -0.850. The van der Waals surface area contributed by atoms with Gasteiger partial charge in [-0.1, -0.05) is 43.0 Å². The smallest absolute Gasteiger partial charge is 0.169 e. The van der Waals surface area contributed by atoms with Crippen LogP contribution in [0.3, 0.4) is 0 Å². The number of hydrogen-bond donors (Lipinski definition) is 0. The highest BCUT2D eigenvalue weighted by Gasteiger charge is 2.70. The van der Waals surface area contributed by atoms with E-state index in [1.807, 2.05) is 0 Å². The third kappa shape index (κ3) is 2.00. The van der Waals surface area contributed by atoms with E-state index in [1.54, 1.807) is 0 Å². The van der Waals surface area contributed by atoms with Crippen molar-refractivity contribution in [3.8, 4) is 0 Å². The zero-order valence-electron chi connectivity index (χ0n) is 7.56. The van der Waals surface area contributed by atoms with Crippen molar-refractivity contribution >= 4 is 12.6 Å². The molecule has 0 saturated carbocycles. The van der Waals surface area contributed by atoms with Crippen LogP contribution in [0.15, 0.2) is 30.3 Å². The zero-order chi connectivity index (χ0) is 12.6. The fraction of sp³-hybridized carbons (Fsp3) is 0.333. The van der Waals surface area contributed by atoms with Crippen LogP contribution >= 0.6 is 12.6 Å². The van der Waals surface area contributed by atoms with Crippen LogP contribution < -0.4 is 0 Å². The van der Waals surface area contributed by atoms with Crippen molar-refractivity contribution in [3.63, 3.8) is 0 Å². The Morgan fingerprint density at radius 3 is 1.44 bits per heavy atom. The van der Waals surface area contributed by atoms with Crippen LogP contribution in [0, 0.1) is 0 Å². The van der Waals surface area contributed by atoms with Gasteiger partial charge in [0.2, 0.25) is 4.75 Å². The molecule has 0 aromatic heterocycles. The van der Waals surface area contributed by atoms with Gasteiger partial charge in [-0.25, -0.2) is 0 Å². The molecule has 7 heteroatoms. The first-order valence-corrected chi connectivity index (χ1v) is 4.41. The summed E-state index contributed by atoms with van der Waals surface area (Å²) in [4.78, 5) is 0. The molecule has 0 bridgehead atoms. The minimum atomic E-state index is -5.57. The first-order valence-electron chi connectivity index (χ1n) is 4.00. The minimum absolute atomic E-state index is 0.716. The van der Waals surface area contributed by atoms with Crippen molar-refractivity contribution < 1.29 is 26.3 Å². The molecular weight excluding hydrogens is 254 g/mol. The fourth-order valence-corrected chi connectivity index (χ4v) is 1.30. The van der Waals surface area contributed by atoms with E-state index in [9.17, 15) is 26.3 Å². The van der Waals surface area contributed by atoms with Crippen molar-refractivity contribution in [2.24, 2.45) is 0 Å². The molecule has 1 rings (SSSR count). The predicted molar refractivity (Wildman–Crippen MR) is 47.8 cm³/mol. The van der Waals surface area contributed by atoms with E-state index in [4.69, 9.17) is 0 Å². The minimum Gasteiger partial charge on any atom is -0.169 e. The van der Waals surface area contributed by atoms with E-state index in [0.29, 0.717) is 12.1 Å². The van der Waals surface area contributed by atoms with Gasteiger partial charge < -0.3 is 0 Å². The quantitative estimate of drug-likeness (QED) is 0.663. The number of alkyl halides is 6. The zero-order valence-corrected chi connectivity index (χ0v) is 8.38. The summed E-state index contributed by atoms with van der Waals surface area (Å²) in [7, 11) is 0. The molecule has 0 aliphatic carbocycles. The Kier molecular flexibility index (Phi) is 3.20. The van der Waals surface area contributed by atoms with Crippen molar-refractivity contribution in [1.29, 1.82) is 0 Å². The molecule has 89 valence electrons. The molecule has 0 unspecified atom stereocenters. The summed E-state index contributed by atoms with van der Waals surface area (Å²) in [5.41, 5.74) is -0.995. The first kappa shape index (κ1) is 13.2. The molecule has 1 aromatic carbocycles. The van der Waals surface area contributed by atoms with E-state index in [1.165, 1.54) is 6.07 Å². The molecule has 0 atom stereocenters. The van der Waals surface area contributed by atoms with Gasteiger partial charge in [0, 0.05) is 0 Å². The SMILES string of the molecule is FC(F)(F)C([S])(c1ccccc1)C(F)(F)F. The summed E-state index contributed by atoms with van der Waals surface area (Å²) < 4.78 is 70.5. The Balaban J connectivity index is 3.39. The Labute approximate surface area is 92.7 Å². The average Bonchev–Trinajstić information content (AvgIpc) is 2.14. The molecule has 0 spiro atoms. The van der Waals surface area contributed by atoms with Crippen LogP contribution in [0.5, 0.6) is 0 Å². The lowest BCUT2D eigenvalue weighted by Crippen LogP contribution is -2.49. The lowest BCUT2D eigenvalue weighted by molar-refractivity contribution is -0.268. The van der Waals surface area contributed by atoms with E-state index in [2.05, 4.69) is 12.6 Å². The average molecular weight is 259 g/mol. The molecule has 0 nitrogen and oxygen atoms in total. The van der Waals surface area contributed by atoms with E-state index in [0.717, 1.165) is 12.1 Å². The maximum absolute atomic E-state index is 12.5. The van der Waals surface area contributed by atoms with Gasteiger partial charge in [0.1, 0.15) is 0 Å². The largest absolute Gasteiger partial charge is 0.417 e. The normalized spacial score (nSPS) is 13.9. The summed E-state index contributed by atoms with van der Waals surface area (Å²) in [5.74, 6) is 0. The van der Waals surface area contributed by atoms with Gasteiger partial charge in [-0.05, 0) is 5.56 Å². The number of rotatable bonds is 1. The van der Waals surface area contributed by atoms with Crippen molar-refractivity contribution in [2.75, 3.05) is 0 Å². The summed E-state index contributed by atoms with van der Waals surface area (Å²) in [6.07, 6.45) is -11.1. The second-order valence-corrected chi connectivity index (χ2v) is 3.66. The molecule has 16 heavy (non-hydrogen) atoms. The van der Waals surface area contributed by atoms with Gasteiger partial charge in [0.25, 0.3) is 0 Å². The summed E-state index contributed by atoms with van der Waals surface area (Å²) in [6, 6.07) is 4.90. The van der Waals surface area contributed by atoms with Crippen molar-refractivity contribution in [1.82, 2.24) is 0 Å². The topological polar surface area (TPSA) is 0 Å². The molecule has 1 aromatic rings. The lowest BCUT2D eigenvalue weighted by atomic mass is 9.97.